The standard InChI is InChI=1S/C10H11BrN2O/c1-14-10-4-3-8(11)7-9(10)13-6-2-5-12/h3-4,7,13H,2,6H2,1H3. The summed E-state index contributed by atoms with van der Waals surface area (Å²) < 4.78 is 6.15. The van der Waals surface area contributed by atoms with Crippen LogP contribution >= 0.6 is 15.9 Å². The molecule has 0 fully saturated rings. The molecule has 0 spiro atoms. The smallest absolute Gasteiger partial charge is 0.142 e. The molecule has 0 radical (unpaired) electrons. The minimum absolute atomic E-state index is 0.482. The summed E-state index contributed by atoms with van der Waals surface area (Å²) in [7, 11) is 1.62. The van der Waals surface area contributed by atoms with Gasteiger partial charge in [0.05, 0.1) is 25.3 Å². The van der Waals surface area contributed by atoms with Crippen LogP contribution in [-0.2, 0) is 0 Å². The maximum Gasteiger partial charge on any atom is 0.142 e. The number of halogens is 1. The van der Waals surface area contributed by atoms with Crippen molar-refractivity contribution in [2.75, 3.05) is 19.0 Å². The normalized spacial score (nSPS) is 9.21. The molecule has 0 aliphatic heterocycles. The number of methoxy groups -OCH3 is 1. The number of rotatable bonds is 4. The van der Waals surface area contributed by atoms with Crippen LogP contribution in [0.15, 0.2) is 22.7 Å². The monoisotopic (exact) mass is 254 g/mol. The molecular formula is C10H11BrN2O. The summed E-state index contributed by atoms with van der Waals surface area (Å²) >= 11 is 3.37. The zero-order chi connectivity index (χ0) is 10.4. The summed E-state index contributed by atoms with van der Waals surface area (Å²) in [6.45, 7) is 0.628. The second-order valence-corrected chi connectivity index (χ2v) is 3.60. The molecular weight excluding hydrogens is 244 g/mol. The molecule has 0 unspecified atom stereocenters. The number of benzene rings is 1. The molecule has 0 amide bonds. The average molecular weight is 255 g/mol. The van der Waals surface area contributed by atoms with Gasteiger partial charge in [-0.05, 0) is 18.2 Å². The summed E-state index contributed by atoms with van der Waals surface area (Å²) in [6, 6.07) is 7.79. The Kier molecular flexibility index (Phi) is 4.27. The summed E-state index contributed by atoms with van der Waals surface area (Å²) in [6.07, 6.45) is 0.482. The van der Waals surface area contributed by atoms with Gasteiger partial charge in [0.15, 0.2) is 0 Å². The first kappa shape index (κ1) is 10.9. The second-order valence-electron chi connectivity index (χ2n) is 2.68. The molecule has 1 N–H and O–H groups in total. The maximum absolute atomic E-state index is 8.39. The first-order valence-corrected chi connectivity index (χ1v) is 5.01. The van der Waals surface area contributed by atoms with E-state index in [1.807, 2.05) is 18.2 Å². The average Bonchev–Trinajstić information content (AvgIpc) is 2.19. The van der Waals surface area contributed by atoms with Crippen LogP contribution in [0.5, 0.6) is 5.75 Å². The van der Waals surface area contributed by atoms with Crippen molar-refractivity contribution >= 4 is 21.6 Å². The Morgan fingerprint density at radius 3 is 3.00 bits per heavy atom. The van der Waals surface area contributed by atoms with E-state index in [0.29, 0.717) is 13.0 Å². The van der Waals surface area contributed by atoms with Gasteiger partial charge in [-0.25, -0.2) is 0 Å². The zero-order valence-corrected chi connectivity index (χ0v) is 9.47. The van der Waals surface area contributed by atoms with Gasteiger partial charge in [0.1, 0.15) is 5.75 Å². The van der Waals surface area contributed by atoms with Crippen LogP contribution < -0.4 is 10.1 Å². The van der Waals surface area contributed by atoms with Crippen LogP contribution in [0.1, 0.15) is 6.42 Å². The largest absolute Gasteiger partial charge is 0.495 e. The molecule has 0 aliphatic carbocycles. The van der Waals surface area contributed by atoms with E-state index in [-0.39, 0.29) is 0 Å². The molecule has 4 heteroatoms. The van der Waals surface area contributed by atoms with Crippen molar-refractivity contribution in [2.45, 2.75) is 6.42 Å². The van der Waals surface area contributed by atoms with Crippen LogP contribution in [0, 0.1) is 11.3 Å². The quantitative estimate of drug-likeness (QED) is 0.841. The van der Waals surface area contributed by atoms with Gasteiger partial charge in [-0.1, -0.05) is 15.9 Å². The number of hydrogen-bond donors (Lipinski definition) is 1. The number of hydrogen-bond acceptors (Lipinski definition) is 3. The Balaban J connectivity index is 2.73. The Hall–Kier alpha value is -1.21. The van der Waals surface area contributed by atoms with Crippen LogP contribution in [-0.4, -0.2) is 13.7 Å². The van der Waals surface area contributed by atoms with E-state index in [2.05, 4.69) is 27.3 Å². The SMILES string of the molecule is COc1ccc(Br)cc1NCCC#N. The van der Waals surface area contributed by atoms with Crippen molar-refractivity contribution in [1.82, 2.24) is 0 Å². The first-order valence-electron chi connectivity index (χ1n) is 4.22. The lowest BCUT2D eigenvalue weighted by Gasteiger charge is -2.09. The summed E-state index contributed by atoms with van der Waals surface area (Å²) in [5.74, 6) is 0.783. The van der Waals surface area contributed by atoms with E-state index >= 15 is 0 Å². The summed E-state index contributed by atoms with van der Waals surface area (Å²) in [5, 5.41) is 11.5. The molecule has 74 valence electrons. The topological polar surface area (TPSA) is 45.0 Å². The van der Waals surface area contributed by atoms with Gasteiger partial charge < -0.3 is 10.1 Å². The third kappa shape index (κ3) is 2.93. The van der Waals surface area contributed by atoms with Crippen molar-refractivity contribution in [3.8, 4) is 11.8 Å². The molecule has 0 aromatic heterocycles. The Labute approximate surface area is 91.8 Å². The van der Waals surface area contributed by atoms with Gasteiger partial charge in [-0.15, -0.1) is 0 Å². The van der Waals surface area contributed by atoms with Crippen LogP contribution in [0.4, 0.5) is 5.69 Å². The molecule has 0 aliphatic rings. The van der Waals surface area contributed by atoms with E-state index in [9.17, 15) is 0 Å². The van der Waals surface area contributed by atoms with Gasteiger partial charge in [-0.2, -0.15) is 5.26 Å². The number of nitrogens with one attached hydrogen (secondary N) is 1. The predicted octanol–water partition coefficient (Wildman–Crippen LogP) is 2.78. The second kappa shape index (κ2) is 5.51. The predicted molar refractivity (Wildman–Crippen MR) is 59.4 cm³/mol. The fraction of sp³-hybridized carbons (Fsp3) is 0.300. The van der Waals surface area contributed by atoms with Gasteiger partial charge in [0.25, 0.3) is 0 Å². The lowest BCUT2D eigenvalue weighted by molar-refractivity contribution is 0.416. The van der Waals surface area contributed by atoms with Crippen molar-refractivity contribution in [2.24, 2.45) is 0 Å². The number of nitrogens with zero attached hydrogens (tertiary/aromatic N) is 1. The molecule has 0 atom stereocenters. The Morgan fingerprint density at radius 2 is 2.36 bits per heavy atom. The van der Waals surface area contributed by atoms with Gasteiger partial charge in [0, 0.05) is 11.0 Å². The lowest BCUT2D eigenvalue weighted by atomic mass is 10.3. The van der Waals surface area contributed by atoms with Crippen molar-refractivity contribution in [3.05, 3.63) is 22.7 Å². The molecule has 3 nitrogen and oxygen atoms in total. The highest BCUT2D eigenvalue weighted by Gasteiger charge is 2.01. The third-order valence-electron chi connectivity index (χ3n) is 1.71. The lowest BCUT2D eigenvalue weighted by Crippen LogP contribution is -2.02. The number of ether oxygens (including phenoxy) is 1. The van der Waals surface area contributed by atoms with Crippen LogP contribution in [0.3, 0.4) is 0 Å². The highest BCUT2D eigenvalue weighted by Crippen LogP contribution is 2.27. The number of nitriles is 1. The van der Waals surface area contributed by atoms with Crippen LogP contribution in [0.25, 0.3) is 0 Å². The molecule has 1 aromatic rings. The summed E-state index contributed by atoms with van der Waals surface area (Å²) in [5.41, 5.74) is 0.900. The zero-order valence-electron chi connectivity index (χ0n) is 7.88. The van der Waals surface area contributed by atoms with E-state index in [1.54, 1.807) is 7.11 Å². The maximum atomic E-state index is 8.39. The Bertz CT molecular complexity index is 346. The van der Waals surface area contributed by atoms with Gasteiger partial charge in [0.2, 0.25) is 0 Å². The van der Waals surface area contributed by atoms with Gasteiger partial charge in [-0.3, -0.25) is 0 Å². The summed E-state index contributed by atoms with van der Waals surface area (Å²) in [4.78, 5) is 0. The first-order chi connectivity index (χ1) is 6.77. The molecule has 14 heavy (non-hydrogen) atoms. The van der Waals surface area contributed by atoms with E-state index < -0.39 is 0 Å². The minimum atomic E-state index is 0.482. The fourth-order valence-corrected chi connectivity index (χ4v) is 1.43. The van der Waals surface area contributed by atoms with Crippen LogP contribution in [0.2, 0.25) is 0 Å². The van der Waals surface area contributed by atoms with Gasteiger partial charge >= 0.3 is 0 Å². The van der Waals surface area contributed by atoms with Crippen molar-refractivity contribution in [3.63, 3.8) is 0 Å². The highest BCUT2D eigenvalue weighted by molar-refractivity contribution is 9.10. The molecule has 0 saturated heterocycles. The minimum Gasteiger partial charge on any atom is -0.495 e. The molecule has 0 bridgehead atoms. The van der Waals surface area contributed by atoms with E-state index in [4.69, 9.17) is 10.00 Å². The van der Waals surface area contributed by atoms with E-state index in [1.165, 1.54) is 0 Å². The van der Waals surface area contributed by atoms with Crippen molar-refractivity contribution < 1.29 is 4.74 Å². The molecule has 0 heterocycles. The fourth-order valence-electron chi connectivity index (χ4n) is 1.07. The Morgan fingerprint density at radius 1 is 1.57 bits per heavy atom. The highest BCUT2D eigenvalue weighted by atomic mass is 79.9. The van der Waals surface area contributed by atoms with E-state index in [0.717, 1.165) is 15.9 Å². The molecule has 1 rings (SSSR count). The third-order valence-corrected chi connectivity index (χ3v) is 2.21. The number of anilines is 1. The van der Waals surface area contributed by atoms with Crippen molar-refractivity contribution in [1.29, 1.82) is 5.26 Å². The molecule has 0 saturated carbocycles. The molecule has 1 aromatic carbocycles.